The summed E-state index contributed by atoms with van der Waals surface area (Å²) in [5.74, 6) is -0.743. The molecule has 148 valence electrons. The molecule has 28 heavy (non-hydrogen) atoms. The van der Waals surface area contributed by atoms with Crippen molar-refractivity contribution in [2.24, 2.45) is 5.73 Å². The molecule has 1 saturated heterocycles. The van der Waals surface area contributed by atoms with Gasteiger partial charge in [-0.15, -0.1) is 0 Å². The van der Waals surface area contributed by atoms with E-state index >= 15 is 0 Å². The summed E-state index contributed by atoms with van der Waals surface area (Å²) >= 11 is 0. The molecule has 2 amide bonds. The van der Waals surface area contributed by atoms with Gasteiger partial charge in [-0.05, 0) is 36.4 Å². The number of pyridine rings is 1. The number of anilines is 1. The molecule has 0 aliphatic carbocycles. The van der Waals surface area contributed by atoms with E-state index in [1.165, 1.54) is 22.8 Å². The number of primary amides is 1. The molecule has 3 N–H and O–H groups in total. The van der Waals surface area contributed by atoms with E-state index in [1.807, 2.05) is 4.90 Å². The van der Waals surface area contributed by atoms with Gasteiger partial charge in [0.05, 0.1) is 6.54 Å². The van der Waals surface area contributed by atoms with Crippen LogP contribution in [0.4, 0.5) is 5.69 Å². The third-order valence-corrected chi connectivity index (χ3v) is 6.31. The molecule has 0 spiro atoms. The van der Waals surface area contributed by atoms with Gasteiger partial charge in [0.2, 0.25) is 21.8 Å². The molecule has 10 heteroatoms. The molecule has 1 aliphatic heterocycles. The summed E-state index contributed by atoms with van der Waals surface area (Å²) in [7, 11) is -3.57. The number of carbonyl (C=O) groups excluding carboxylic acids is 2. The Morgan fingerprint density at radius 1 is 1.07 bits per heavy atom. The Hall–Kier alpha value is -2.82. The number of nitrogens with zero attached hydrogens (tertiary/aromatic N) is 3. The number of hydrogen-bond donors (Lipinski definition) is 2. The van der Waals surface area contributed by atoms with E-state index in [-0.39, 0.29) is 17.3 Å². The van der Waals surface area contributed by atoms with E-state index in [2.05, 4.69) is 10.3 Å². The number of hydrogen-bond acceptors (Lipinski definition) is 6. The lowest BCUT2D eigenvalue weighted by molar-refractivity contribution is -0.117. The zero-order chi connectivity index (χ0) is 20.1. The second kappa shape index (κ2) is 8.46. The van der Waals surface area contributed by atoms with Crippen molar-refractivity contribution in [1.29, 1.82) is 0 Å². The fourth-order valence-electron chi connectivity index (χ4n) is 2.90. The maximum Gasteiger partial charge on any atom is 0.248 e. The predicted octanol–water partition coefficient (Wildman–Crippen LogP) is 0.126. The Bertz CT molecular complexity index is 940. The van der Waals surface area contributed by atoms with Crippen LogP contribution < -0.4 is 11.1 Å². The van der Waals surface area contributed by atoms with Gasteiger partial charge in [-0.2, -0.15) is 4.31 Å². The third-order valence-electron chi connectivity index (χ3n) is 4.42. The van der Waals surface area contributed by atoms with Crippen LogP contribution in [0.5, 0.6) is 0 Å². The number of nitrogens with two attached hydrogens (primary N) is 1. The van der Waals surface area contributed by atoms with E-state index in [9.17, 15) is 18.0 Å². The molecular formula is C18H21N5O4S. The molecule has 3 rings (SSSR count). The van der Waals surface area contributed by atoms with Crippen molar-refractivity contribution < 1.29 is 18.0 Å². The second-order valence-electron chi connectivity index (χ2n) is 6.36. The van der Waals surface area contributed by atoms with Crippen LogP contribution in [0, 0.1) is 0 Å². The fraction of sp³-hybridized carbons (Fsp3) is 0.278. The van der Waals surface area contributed by atoms with Crippen molar-refractivity contribution in [3.8, 4) is 0 Å². The van der Waals surface area contributed by atoms with Crippen molar-refractivity contribution in [2.45, 2.75) is 4.90 Å². The maximum atomic E-state index is 12.6. The second-order valence-corrected chi connectivity index (χ2v) is 8.30. The third kappa shape index (κ3) is 4.71. The van der Waals surface area contributed by atoms with Gasteiger partial charge in [-0.25, -0.2) is 8.42 Å². The minimum Gasteiger partial charge on any atom is -0.366 e. The minimum atomic E-state index is -3.57. The van der Waals surface area contributed by atoms with Crippen molar-refractivity contribution >= 4 is 27.5 Å². The Balaban J connectivity index is 1.51. The van der Waals surface area contributed by atoms with Gasteiger partial charge in [0.1, 0.15) is 4.90 Å². The van der Waals surface area contributed by atoms with Crippen LogP contribution >= 0.6 is 0 Å². The largest absolute Gasteiger partial charge is 0.366 e. The Labute approximate surface area is 163 Å². The molecule has 0 radical (unpaired) electrons. The van der Waals surface area contributed by atoms with Crippen LogP contribution in [-0.2, 0) is 14.8 Å². The SMILES string of the molecule is NC(=O)c1ccc(NC(=O)CN2CCN(S(=O)(=O)c3cccnc3)CC2)cc1. The van der Waals surface area contributed by atoms with Crippen molar-refractivity contribution in [2.75, 3.05) is 38.0 Å². The highest BCUT2D eigenvalue weighted by Gasteiger charge is 2.29. The molecule has 0 unspecified atom stereocenters. The van der Waals surface area contributed by atoms with Gasteiger partial charge < -0.3 is 11.1 Å². The molecule has 0 saturated carbocycles. The monoisotopic (exact) mass is 403 g/mol. The summed E-state index contributed by atoms with van der Waals surface area (Å²) in [6.45, 7) is 1.66. The predicted molar refractivity (Wildman–Crippen MR) is 103 cm³/mol. The highest BCUT2D eigenvalue weighted by atomic mass is 32.2. The van der Waals surface area contributed by atoms with E-state index in [4.69, 9.17) is 5.73 Å². The minimum absolute atomic E-state index is 0.151. The first kappa shape index (κ1) is 19.9. The Morgan fingerprint density at radius 2 is 1.75 bits per heavy atom. The van der Waals surface area contributed by atoms with Crippen LogP contribution in [0.15, 0.2) is 53.7 Å². The van der Waals surface area contributed by atoms with Gasteiger partial charge in [0, 0.05) is 49.8 Å². The lowest BCUT2D eigenvalue weighted by atomic mass is 10.2. The standard InChI is InChI=1S/C18H21N5O4S/c19-18(25)14-3-5-15(6-4-14)21-17(24)13-22-8-10-23(11-9-22)28(26,27)16-2-1-7-20-12-16/h1-7,12H,8-11,13H2,(H2,19,25)(H,21,24). The first-order valence-electron chi connectivity index (χ1n) is 8.68. The van der Waals surface area contributed by atoms with E-state index < -0.39 is 15.9 Å². The average Bonchev–Trinajstić information content (AvgIpc) is 2.69. The van der Waals surface area contributed by atoms with Crippen molar-refractivity contribution in [1.82, 2.24) is 14.2 Å². The number of amides is 2. The number of nitrogens with one attached hydrogen (secondary N) is 1. The number of piperazine rings is 1. The lowest BCUT2D eigenvalue weighted by Crippen LogP contribution is -2.50. The molecule has 1 aromatic heterocycles. The molecule has 0 atom stereocenters. The first-order valence-corrected chi connectivity index (χ1v) is 10.1. The van der Waals surface area contributed by atoms with E-state index in [1.54, 1.807) is 30.3 Å². The van der Waals surface area contributed by atoms with Crippen molar-refractivity contribution in [3.05, 3.63) is 54.4 Å². The highest BCUT2D eigenvalue weighted by molar-refractivity contribution is 7.89. The number of sulfonamides is 1. The number of aromatic nitrogens is 1. The quantitative estimate of drug-likeness (QED) is 0.706. The van der Waals surface area contributed by atoms with Crippen molar-refractivity contribution in [3.63, 3.8) is 0 Å². The average molecular weight is 403 g/mol. The molecular weight excluding hydrogens is 382 g/mol. The van der Waals surface area contributed by atoms with Gasteiger partial charge in [0.25, 0.3) is 0 Å². The van der Waals surface area contributed by atoms with Gasteiger partial charge in [-0.1, -0.05) is 0 Å². The van der Waals surface area contributed by atoms with Crippen LogP contribution in [0.1, 0.15) is 10.4 Å². The van der Waals surface area contributed by atoms with Crippen LogP contribution in [-0.4, -0.2) is 67.1 Å². The summed E-state index contributed by atoms with van der Waals surface area (Å²) in [6.07, 6.45) is 2.86. The molecule has 9 nitrogen and oxygen atoms in total. The number of benzene rings is 1. The molecule has 2 heterocycles. The normalized spacial score (nSPS) is 15.9. The fourth-order valence-corrected chi connectivity index (χ4v) is 4.28. The summed E-state index contributed by atoms with van der Waals surface area (Å²) in [6, 6.07) is 9.40. The zero-order valence-corrected chi connectivity index (χ0v) is 15.9. The summed E-state index contributed by atoms with van der Waals surface area (Å²) < 4.78 is 26.6. The lowest BCUT2D eigenvalue weighted by Gasteiger charge is -2.33. The van der Waals surface area contributed by atoms with E-state index in [0.717, 1.165) is 0 Å². The van der Waals surface area contributed by atoms with Crippen LogP contribution in [0.2, 0.25) is 0 Å². The molecule has 1 aromatic carbocycles. The smallest absolute Gasteiger partial charge is 0.248 e. The summed E-state index contributed by atoms with van der Waals surface area (Å²) in [5, 5.41) is 2.75. The van der Waals surface area contributed by atoms with E-state index in [0.29, 0.717) is 37.4 Å². The summed E-state index contributed by atoms with van der Waals surface area (Å²) in [5.41, 5.74) is 6.11. The topological polar surface area (TPSA) is 126 Å². The first-order chi connectivity index (χ1) is 13.4. The number of rotatable bonds is 6. The highest BCUT2D eigenvalue weighted by Crippen LogP contribution is 2.16. The molecule has 0 bridgehead atoms. The van der Waals surface area contributed by atoms with Gasteiger partial charge in [-0.3, -0.25) is 19.5 Å². The van der Waals surface area contributed by atoms with Gasteiger partial charge in [0.15, 0.2) is 0 Å². The Morgan fingerprint density at radius 3 is 2.32 bits per heavy atom. The summed E-state index contributed by atoms with van der Waals surface area (Å²) in [4.78, 5) is 29.2. The molecule has 1 fully saturated rings. The maximum absolute atomic E-state index is 12.6. The number of carbonyl (C=O) groups is 2. The molecule has 1 aliphatic rings. The van der Waals surface area contributed by atoms with Crippen LogP contribution in [0.3, 0.4) is 0 Å². The van der Waals surface area contributed by atoms with Crippen LogP contribution in [0.25, 0.3) is 0 Å². The van der Waals surface area contributed by atoms with Gasteiger partial charge >= 0.3 is 0 Å². The zero-order valence-electron chi connectivity index (χ0n) is 15.1. The Kier molecular flexibility index (Phi) is 6.02. The molecule has 2 aromatic rings.